The largest absolute Gasteiger partial charge is 0.381 e. The Morgan fingerprint density at radius 1 is 1.21 bits per heavy atom. The smallest absolute Gasteiger partial charge is 0.251 e. The molecule has 8 nitrogen and oxygen atoms in total. The maximum Gasteiger partial charge on any atom is 0.251 e. The molecular weight excluding hydrogens is 430 g/mol. The minimum absolute atomic E-state index is 0.0703. The lowest BCUT2D eigenvalue weighted by Crippen LogP contribution is -2.30. The van der Waals surface area contributed by atoms with Crippen molar-refractivity contribution in [3.63, 3.8) is 0 Å². The lowest BCUT2D eigenvalue weighted by atomic mass is 10.0. The Bertz CT molecular complexity index is 1180. The Balaban J connectivity index is 1.64. The number of anilines is 1. The third-order valence-electron chi connectivity index (χ3n) is 6.24. The van der Waals surface area contributed by atoms with Crippen LogP contribution in [0.3, 0.4) is 0 Å². The molecule has 0 atom stereocenters. The molecule has 1 aliphatic heterocycles. The molecule has 8 heteroatoms. The van der Waals surface area contributed by atoms with Gasteiger partial charge in [-0.3, -0.25) is 9.59 Å². The van der Waals surface area contributed by atoms with Gasteiger partial charge in [-0.15, -0.1) is 0 Å². The van der Waals surface area contributed by atoms with Gasteiger partial charge in [0.2, 0.25) is 0 Å². The van der Waals surface area contributed by atoms with Crippen LogP contribution in [0, 0.1) is 0 Å². The van der Waals surface area contributed by atoms with Gasteiger partial charge in [0.05, 0.1) is 17.3 Å². The van der Waals surface area contributed by atoms with E-state index in [-0.39, 0.29) is 11.7 Å². The summed E-state index contributed by atoms with van der Waals surface area (Å²) in [5.74, 6) is -0.102. The SMILES string of the molecule is CCc1nc2c(cnn2CC)c(NC2CCOCC2)c1CNC(=O)c1cccc(CC(C)=O)c1. The number of amides is 1. The molecule has 3 aromatic rings. The first kappa shape index (κ1) is 23.9. The molecule has 1 aliphatic rings. The molecular formula is C26H33N5O3. The highest BCUT2D eigenvalue weighted by atomic mass is 16.5. The van der Waals surface area contributed by atoms with Crippen molar-refractivity contribution >= 4 is 28.4 Å². The standard InChI is InChI=1S/C26H33N5O3/c1-4-23-21(15-27-26(33)19-8-6-7-18(14-19)13-17(3)32)24(29-20-9-11-34-12-10-20)22-16-28-31(5-2)25(22)30-23/h6-8,14,16,20H,4-5,9-13,15H2,1-3H3,(H,27,33)(H,29,30). The fourth-order valence-electron chi connectivity index (χ4n) is 4.48. The van der Waals surface area contributed by atoms with Crippen LogP contribution in [0.5, 0.6) is 0 Å². The lowest BCUT2D eigenvalue weighted by molar-refractivity contribution is -0.116. The van der Waals surface area contributed by atoms with E-state index in [1.54, 1.807) is 19.1 Å². The second-order valence-electron chi connectivity index (χ2n) is 8.76. The second kappa shape index (κ2) is 10.8. The minimum Gasteiger partial charge on any atom is -0.381 e. The molecule has 0 unspecified atom stereocenters. The van der Waals surface area contributed by atoms with Gasteiger partial charge >= 0.3 is 0 Å². The molecule has 2 aromatic heterocycles. The van der Waals surface area contributed by atoms with Crippen molar-refractivity contribution in [3.8, 4) is 0 Å². The Hall–Kier alpha value is -3.26. The van der Waals surface area contributed by atoms with Gasteiger partial charge in [-0.05, 0) is 50.8 Å². The number of hydrogen-bond acceptors (Lipinski definition) is 6. The Kier molecular flexibility index (Phi) is 7.57. The fourth-order valence-corrected chi connectivity index (χ4v) is 4.48. The average Bonchev–Trinajstić information content (AvgIpc) is 3.26. The van der Waals surface area contributed by atoms with Gasteiger partial charge in [-0.2, -0.15) is 5.10 Å². The number of aryl methyl sites for hydroxylation is 2. The van der Waals surface area contributed by atoms with Gasteiger partial charge in [0.25, 0.3) is 5.91 Å². The zero-order chi connectivity index (χ0) is 24.1. The highest BCUT2D eigenvalue weighted by Crippen LogP contribution is 2.31. The van der Waals surface area contributed by atoms with Crippen molar-refractivity contribution in [3.05, 3.63) is 52.8 Å². The number of pyridine rings is 1. The molecule has 0 spiro atoms. The molecule has 2 N–H and O–H groups in total. The van der Waals surface area contributed by atoms with E-state index < -0.39 is 0 Å². The maximum absolute atomic E-state index is 13.0. The van der Waals surface area contributed by atoms with Crippen molar-refractivity contribution in [2.45, 2.75) is 65.6 Å². The van der Waals surface area contributed by atoms with Crippen molar-refractivity contribution in [2.24, 2.45) is 0 Å². The number of carbonyl (C=O) groups excluding carboxylic acids is 2. The molecule has 0 bridgehead atoms. The van der Waals surface area contributed by atoms with Crippen LogP contribution in [0.25, 0.3) is 11.0 Å². The van der Waals surface area contributed by atoms with Gasteiger partial charge in [-0.1, -0.05) is 19.1 Å². The molecule has 0 aliphatic carbocycles. The van der Waals surface area contributed by atoms with Crippen LogP contribution >= 0.6 is 0 Å². The number of fused-ring (bicyclic) bond motifs is 1. The zero-order valence-electron chi connectivity index (χ0n) is 20.2. The summed E-state index contributed by atoms with van der Waals surface area (Å²) < 4.78 is 7.45. The zero-order valence-corrected chi connectivity index (χ0v) is 20.2. The predicted octanol–water partition coefficient (Wildman–Crippen LogP) is 3.67. The third-order valence-corrected chi connectivity index (χ3v) is 6.24. The fraction of sp³-hybridized carbons (Fsp3) is 0.462. The van der Waals surface area contributed by atoms with Crippen LogP contribution in [-0.2, 0) is 35.5 Å². The molecule has 4 rings (SSSR count). The molecule has 180 valence electrons. The molecule has 1 saturated heterocycles. The van der Waals surface area contributed by atoms with Crippen LogP contribution in [0.2, 0.25) is 0 Å². The summed E-state index contributed by atoms with van der Waals surface area (Å²) in [5.41, 5.74) is 5.18. The van der Waals surface area contributed by atoms with Gasteiger partial charge in [0.1, 0.15) is 5.78 Å². The first-order chi connectivity index (χ1) is 16.5. The van der Waals surface area contributed by atoms with Gasteiger partial charge in [0.15, 0.2) is 5.65 Å². The van der Waals surface area contributed by atoms with Gasteiger partial charge < -0.3 is 15.4 Å². The van der Waals surface area contributed by atoms with Crippen LogP contribution in [0.15, 0.2) is 30.5 Å². The molecule has 34 heavy (non-hydrogen) atoms. The molecule has 3 heterocycles. The van der Waals surface area contributed by atoms with E-state index in [1.807, 2.05) is 23.0 Å². The summed E-state index contributed by atoms with van der Waals surface area (Å²) >= 11 is 0. The topological polar surface area (TPSA) is 98.1 Å². The van der Waals surface area contributed by atoms with Crippen LogP contribution in [-0.4, -0.2) is 45.7 Å². The van der Waals surface area contributed by atoms with Crippen molar-refractivity contribution < 1.29 is 14.3 Å². The normalized spacial score (nSPS) is 14.3. The first-order valence-electron chi connectivity index (χ1n) is 12.1. The molecule has 0 radical (unpaired) electrons. The van der Waals surface area contributed by atoms with Crippen molar-refractivity contribution in [1.82, 2.24) is 20.1 Å². The van der Waals surface area contributed by atoms with Crippen LogP contribution in [0.4, 0.5) is 5.69 Å². The number of benzene rings is 1. The maximum atomic E-state index is 13.0. The molecule has 1 amide bonds. The van der Waals surface area contributed by atoms with Crippen molar-refractivity contribution in [2.75, 3.05) is 18.5 Å². The van der Waals surface area contributed by atoms with Gasteiger partial charge in [0, 0.05) is 55.6 Å². The van der Waals surface area contributed by atoms with E-state index in [0.717, 1.165) is 72.6 Å². The average molecular weight is 464 g/mol. The number of nitrogens with zero attached hydrogens (tertiary/aromatic N) is 3. The minimum atomic E-state index is -0.172. The van der Waals surface area contributed by atoms with E-state index >= 15 is 0 Å². The summed E-state index contributed by atoms with van der Waals surface area (Å²) in [6, 6.07) is 7.54. The number of aromatic nitrogens is 3. The highest BCUT2D eigenvalue weighted by molar-refractivity contribution is 5.95. The highest BCUT2D eigenvalue weighted by Gasteiger charge is 2.22. The Labute approximate surface area is 200 Å². The van der Waals surface area contributed by atoms with E-state index in [9.17, 15) is 9.59 Å². The third kappa shape index (κ3) is 5.28. The Morgan fingerprint density at radius 3 is 2.71 bits per heavy atom. The Morgan fingerprint density at radius 2 is 2.00 bits per heavy atom. The summed E-state index contributed by atoms with van der Waals surface area (Å²) in [4.78, 5) is 29.4. The molecule has 1 fully saturated rings. The number of ketones is 1. The number of nitrogens with one attached hydrogen (secondary N) is 2. The number of carbonyl (C=O) groups is 2. The number of rotatable bonds is 9. The summed E-state index contributed by atoms with van der Waals surface area (Å²) in [6.45, 7) is 8.26. The molecule has 0 saturated carbocycles. The first-order valence-corrected chi connectivity index (χ1v) is 12.1. The van der Waals surface area contributed by atoms with Crippen LogP contribution < -0.4 is 10.6 Å². The van der Waals surface area contributed by atoms with Gasteiger partial charge in [-0.25, -0.2) is 9.67 Å². The second-order valence-corrected chi connectivity index (χ2v) is 8.76. The quantitative estimate of drug-likeness (QED) is 0.503. The van der Waals surface area contributed by atoms with Crippen LogP contribution in [0.1, 0.15) is 60.8 Å². The number of ether oxygens (including phenoxy) is 1. The lowest BCUT2D eigenvalue weighted by Gasteiger charge is -2.26. The van der Waals surface area contributed by atoms with E-state index in [1.165, 1.54) is 0 Å². The number of Topliss-reactive ketones (excluding diaryl/α,β-unsaturated/α-hetero) is 1. The van der Waals surface area contributed by atoms with E-state index in [4.69, 9.17) is 9.72 Å². The predicted molar refractivity (Wildman–Crippen MR) is 132 cm³/mol. The number of hydrogen-bond donors (Lipinski definition) is 2. The van der Waals surface area contributed by atoms with E-state index in [0.29, 0.717) is 24.6 Å². The van der Waals surface area contributed by atoms with Crippen molar-refractivity contribution in [1.29, 1.82) is 0 Å². The summed E-state index contributed by atoms with van der Waals surface area (Å²) in [6.07, 6.45) is 4.79. The summed E-state index contributed by atoms with van der Waals surface area (Å²) in [7, 11) is 0. The monoisotopic (exact) mass is 463 g/mol. The van der Waals surface area contributed by atoms with E-state index in [2.05, 4.69) is 29.6 Å². The summed E-state index contributed by atoms with van der Waals surface area (Å²) in [5, 5.41) is 12.3. The molecule has 1 aromatic carbocycles.